The number of fused-ring (bicyclic) bond motifs is 1. The van der Waals surface area contributed by atoms with Crippen LogP contribution in [0.1, 0.15) is 30.7 Å². The van der Waals surface area contributed by atoms with Crippen molar-refractivity contribution in [3.05, 3.63) is 59.3 Å². The summed E-state index contributed by atoms with van der Waals surface area (Å²) in [5, 5.41) is 19.9. The van der Waals surface area contributed by atoms with Crippen molar-refractivity contribution >= 4 is 22.7 Å². The van der Waals surface area contributed by atoms with Crippen molar-refractivity contribution in [1.82, 2.24) is 4.98 Å². The molecule has 142 valence electrons. The van der Waals surface area contributed by atoms with Gasteiger partial charge in [-0.2, -0.15) is 5.26 Å². The summed E-state index contributed by atoms with van der Waals surface area (Å²) in [6, 6.07) is 15.5. The molecule has 0 unspecified atom stereocenters. The van der Waals surface area contributed by atoms with Crippen LogP contribution in [0.4, 0.5) is 10.5 Å². The van der Waals surface area contributed by atoms with E-state index in [9.17, 15) is 15.2 Å². The Labute approximate surface area is 164 Å². The Morgan fingerprint density at radius 3 is 2.46 bits per heavy atom. The van der Waals surface area contributed by atoms with Gasteiger partial charge in [-0.3, -0.25) is 9.88 Å². The molecule has 0 fully saturated rings. The van der Waals surface area contributed by atoms with E-state index in [2.05, 4.69) is 19.9 Å². The molecule has 0 saturated heterocycles. The first-order valence-electron chi connectivity index (χ1n) is 9.22. The summed E-state index contributed by atoms with van der Waals surface area (Å²) in [7, 11) is 1.54. The quantitative estimate of drug-likeness (QED) is 0.665. The number of rotatable bonds is 4. The molecular formula is C23H23N3O2. The van der Waals surface area contributed by atoms with E-state index in [1.165, 1.54) is 4.90 Å². The van der Waals surface area contributed by atoms with E-state index in [4.69, 9.17) is 4.98 Å². The number of hydrogen-bond acceptors (Lipinski definition) is 3. The van der Waals surface area contributed by atoms with E-state index in [0.717, 1.165) is 33.3 Å². The molecule has 5 heteroatoms. The normalized spacial score (nSPS) is 10.9. The lowest BCUT2D eigenvalue weighted by atomic mass is 9.93. The fourth-order valence-electron chi connectivity index (χ4n) is 3.37. The molecule has 0 bridgehead atoms. The minimum atomic E-state index is -1.05. The van der Waals surface area contributed by atoms with Gasteiger partial charge in [0.05, 0.1) is 28.5 Å². The Balaban J connectivity index is 2.47. The highest BCUT2D eigenvalue weighted by Gasteiger charge is 2.23. The van der Waals surface area contributed by atoms with Crippen molar-refractivity contribution in [3.8, 4) is 17.2 Å². The van der Waals surface area contributed by atoms with Gasteiger partial charge in [0.15, 0.2) is 0 Å². The van der Waals surface area contributed by atoms with Crippen molar-refractivity contribution in [2.24, 2.45) is 5.92 Å². The largest absolute Gasteiger partial charge is 0.465 e. The maximum Gasteiger partial charge on any atom is 0.411 e. The number of nitriles is 1. The van der Waals surface area contributed by atoms with Crippen molar-refractivity contribution in [1.29, 1.82) is 5.26 Å². The van der Waals surface area contributed by atoms with Crippen LogP contribution in [-0.4, -0.2) is 23.2 Å². The number of aromatic nitrogens is 1. The van der Waals surface area contributed by atoms with Crippen LogP contribution in [0.2, 0.25) is 0 Å². The minimum Gasteiger partial charge on any atom is -0.465 e. The molecule has 0 aliphatic rings. The van der Waals surface area contributed by atoms with E-state index < -0.39 is 6.09 Å². The van der Waals surface area contributed by atoms with Gasteiger partial charge in [-0.25, -0.2) is 4.79 Å². The molecule has 0 atom stereocenters. The van der Waals surface area contributed by atoms with Crippen molar-refractivity contribution < 1.29 is 9.90 Å². The van der Waals surface area contributed by atoms with Gasteiger partial charge < -0.3 is 5.11 Å². The summed E-state index contributed by atoms with van der Waals surface area (Å²) in [5.74, 6) is 0.315. The zero-order valence-corrected chi connectivity index (χ0v) is 16.5. The fourth-order valence-corrected chi connectivity index (χ4v) is 3.37. The van der Waals surface area contributed by atoms with E-state index in [1.54, 1.807) is 19.2 Å². The van der Waals surface area contributed by atoms with Crippen LogP contribution in [0.15, 0.2) is 42.5 Å². The summed E-state index contributed by atoms with van der Waals surface area (Å²) < 4.78 is 0. The maximum absolute atomic E-state index is 11.9. The first-order valence-corrected chi connectivity index (χ1v) is 9.22. The number of pyridine rings is 1. The number of anilines is 1. The van der Waals surface area contributed by atoms with Crippen molar-refractivity contribution in [3.63, 3.8) is 0 Å². The lowest BCUT2D eigenvalue weighted by Crippen LogP contribution is -2.26. The average Bonchev–Trinajstić information content (AvgIpc) is 2.66. The molecule has 1 N–H and O–H groups in total. The molecule has 2 aromatic carbocycles. The van der Waals surface area contributed by atoms with Crippen molar-refractivity contribution in [2.75, 3.05) is 11.9 Å². The standard InChI is InChI=1S/C23H23N3O2/c1-14(2)11-20-22(26(4)23(27)28)21(17-8-5-15(3)6-9-17)18-12-16(13-24)7-10-19(18)25-20/h5-10,12,14H,11H2,1-4H3,(H,27,28). The number of nitrogens with zero attached hydrogens (tertiary/aromatic N) is 3. The molecule has 3 aromatic rings. The summed E-state index contributed by atoms with van der Waals surface area (Å²) in [6.07, 6.45) is -0.391. The molecule has 0 spiro atoms. The first kappa shape index (κ1) is 19.4. The van der Waals surface area contributed by atoms with Crippen LogP contribution in [0, 0.1) is 24.2 Å². The Morgan fingerprint density at radius 2 is 1.89 bits per heavy atom. The minimum absolute atomic E-state index is 0.315. The van der Waals surface area contributed by atoms with Crippen LogP contribution in [0.3, 0.4) is 0 Å². The van der Waals surface area contributed by atoms with Gasteiger partial charge >= 0.3 is 6.09 Å². The van der Waals surface area contributed by atoms with E-state index in [1.807, 2.05) is 37.3 Å². The molecule has 1 heterocycles. The molecular weight excluding hydrogens is 350 g/mol. The zero-order valence-electron chi connectivity index (χ0n) is 16.5. The number of hydrogen-bond donors (Lipinski definition) is 1. The highest BCUT2D eigenvalue weighted by atomic mass is 16.4. The fraction of sp³-hybridized carbons (Fsp3) is 0.261. The summed E-state index contributed by atoms with van der Waals surface area (Å²) in [6.45, 7) is 6.18. The number of aryl methyl sites for hydroxylation is 1. The Morgan fingerprint density at radius 1 is 1.21 bits per heavy atom. The van der Waals surface area contributed by atoms with Gasteiger partial charge in [0, 0.05) is 18.0 Å². The predicted molar refractivity (Wildman–Crippen MR) is 112 cm³/mol. The van der Waals surface area contributed by atoms with Crippen LogP contribution in [-0.2, 0) is 6.42 Å². The third-order valence-electron chi connectivity index (χ3n) is 4.72. The third kappa shape index (κ3) is 3.67. The van der Waals surface area contributed by atoms with E-state index in [0.29, 0.717) is 23.6 Å². The van der Waals surface area contributed by atoms with Gasteiger partial charge in [0.1, 0.15) is 0 Å². The van der Waals surface area contributed by atoms with Gasteiger partial charge in [-0.15, -0.1) is 0 Å². The van der Waals surface area contributed by atoms with E-state index in [-0.39, 0.29) is 0 Å². The first-order chi connectivity index (χ1) is 13.3. The highest BCUT2D eigenvalue weighted by molar-refractivity contribution is 6.06. The van der Waals surface area contributed by atoms with Crippen LogP contribution in [0.25, 0.3) is 22.0 Å². The maximum atomic E-state index is 11.9. The summed E-state index contributed by atoms with van der Waals surface area (Å²) >= 11 is 0. The molecule has 1 aromatic heterocycles. The number of carboxylic acid groups (broad SMARTS) is 1. The third-order valence-corrected chi connectivity index (χ3v) is 4.72. The highest BCUT2D eigenvalue weighted by Crippen LogP contribution is 2.40. The Hall–Kier alpha value is -3.39. The smallest absolute Gasteiger partial charge is 0.411 e. The summed E-state index contributed by atoms with van der Waals surface area (Å²) in [4.78, 5) is 17.9. The Kier molecular flexibility index (Phi) is 5.32. The second-order valence-electron chi connectivity index (χ2n) is 7.43. The molecule has 0 aliphatic carbocycles. The molecule has 0 radical (unpaired) electrons. The van der Waals surface area contributed by atoms with Gasteiger partial charge in [-0.1, -0.05) is 43.7 Å². The molecule has 1 amide bonds. The second-order valence-corrected chi connectivity index (χ2v) is 7.43. The van der Waals surface area contributed by atoms with Gasteiger partial charge in [0.25, 0.3) is 0 Å². The number of carbonyl (C=O) groups is 1. The van der Waals surface area contributed by atoms with Crippen molar-refractivity contribution in [2.45, 2.75) is 27.2 Å². The lowest BCUT2D eigenvalue weighted by Gasteiger charge is -2.24. The van der Waals surface area contributed by atoms with Crippen LogP contribution in [0.5, 0.6) is 0 Å². The molecule has 3 rings (SSSR count). The molecule has 0 saturated carbocycles. The monoisotopic (exact) mass is 373 g/mol. The average molecular weight is 373 g/mol. The Bertz CT molecular complexity index is 1080. The molecule has 28 heavy (non-hydrogen) atoms. The number of benzene rings is 2. The van der Waals surface area contributed by atoms with Crippen LogP contribution >= 0.6 is 0 Å². The number of amides is 1. The summed E-state index contributed by atoms with van der Waals surface area (Å²) in [5.41, 5.74) is 5.41. The molecule has 5 nitrogen and oxygen atoms in total. The predicted octanol–water partition coefficient (Wildman–Crippen LogP) is 5.39. The topological polar surface area (TPSA) is 77.2 Å². The second kappa shape index (κ2) is 7.69. The van der Waals surface area contributed by atoms with Gasteiger partial charge in [0.2, 0.25) is 0 Å². The van der Waals surface area contributed by atoms with Gasteiger partial charge in [-0.05, 0) is 43.0 Å². The molecule has 0 aliphatic heterocycles. The SMILES string of the molecule is Cc1ccc(-c2c(N(C)C(=O)O)c(CC(C)C)nc3ccc(C#N)cc23)cc1. The zero-order chi connectivity index (χ0) is 20.4. The van der Waals surface area contributed by atoms with E-state index >= 15 is 0 Å². The van der Waals surface area contributed by atoms with Crippen LogP contribution < -0.4 is 4.90 Å². The lowest BCUT2D eigenvalue weighted by molar-refractivity contribution is 0.203.